The summed E-state index contributed by atoms with van der Waals surface area (Å²) in [6.45, 7) is 6.05. The van der Waals surface area contributed by atoms with Crippen LogP contribution in [0, 0.1) is 6.92 Å². The van der Waals surface area contributed by atoms with Crippen molar-refractivity contribution in [3.05, 3.63) is 34.2 Å². The van der Waals surface area contributed by atoms with E-state index in [0.717, 1.165) is 44.7 Å². The Labute approximate surface area is 119 Å². The van der Waals surface area contributed by atoms with Crippen molar-refractivity contribution in [1.29, 1.82) is 0 Å². The zero-order valence-electron chi connectivity index (χ0n) is 12.1. The minimum atomic E-state index is 0.0402. The molecule has 5 heteroatoms. The van der Waals surface area contributed by atoms with Gasteiger partial charge in [-0.3, -0.25) is 9.59 Å². The Morgan fingerprint density at radius 1 is 1.25 bits per heavy atom. The molecule has 1 saturated heterocycles. The number of aryl methyl sites for hydroxylation is 1. The summed E-state index contributed by atoms with van der Waals surface area (Å²) in [6.07, 6.45) is 2.28. The molecule has 0 unspecified atom stereocenters. The third kappa shape index (κ3) is 3.93. The maximum atomic E-state index is 12.0. The van der Waals surface area contributed by atoms with Crippen molar-refractivity contribution in [1.82, 2.24) is 14.8 Å². The molecule has 0 atom stereocenters. The van der Waals surface area contributed by atoms with E-state index in [1.54, 1.807) is 16.7 Å². The van der Waals surface area contributed by atoms with E-state index in [2.05, 4.69) is 5.32 Å². The quantitative estimate of drug-likeness (QED) is 0.808. The van der Waals surface area contributed by atoms with Gasteiger partial charge in [0, 0.05) is 50.9 Å². The highest BCUT2D eigenvalue weighted by molar-refractivity contribution is 5.76. The molecule has 20 heavy (non-hydrogen) atoms. The smallest absolute Gasteiger partial charge is 0.250 e. The van der Waals surface area contributed by atoms with E-state index in [0.29, 0.717) is 13.0 Å². The van der Waals surface area contributed by atoms with Gasteiger partial charge in [-0.05, 0) is 25.8 Å². The van der Waals surface area contributed by atoms with E-state index in [1.807, 2.05) is 17.9 Å². The lowest BCUT2D eigenvalue weighted by molar-refractivity contribution is -0.131. The molecule has 1 aliphatic rings. The van der Waals surface area contributed by atoms with Crippen molar-refractivity contribution < 1.29 is 4.79 Å². The first kappa shape index (κ1) is 14.8. The number of carbonyl (C=O) groups is 1. The Morgan fingerprint density at radius 3 is 2.70 bits per heavy atom. The lowest BCUT2D eigenvalue weighted by Gasteiger charge is -2.27. The zero-order chi connectivity index (χ0) is 14.4. The van der Waals surface area contributed by atoms with Gasteiger partial charge in [-0.1, -0.05) is 6.07 Å². The summed E-state index contributed by atoms with van der Waals surface area (Å²) in [6, 6.07) is 5.30. The van der Waals surface area contributed by atoms with Gasteiger partial charge >= 0.3 is 0 Å². The van der Waals surface area contributed by atoms with Crippen LogP contribution in [0.25, 0.3) is 0 Å². The highest BCUT2D eigenvalue weighted by Gasteiger charge is 2.15. The van der Waals surface area contributed by atoms with Gasteiger partial charge in [-0.2, -0.15) is 0 Å². The lowest BCUT2D eigenvalue weighted by Crippen LogP contribution is -2.46. The zero-order valence-corrected chi connectivity index (χ0v) is 12.1. The minimum absolute atomic E-state index is 0.0402. The SMILES string of the molecule is Cc1cccc(=O)n1CCCCC(=O)N1CCNCC1. The molecule has 0 aliphatic carbocycles. The Bertz CT molecular complexity index is 504. The Morgan fingerprint density at radius 2 is 2.00 bits per heavy atom. The molecule has 1 aliphatic heterocycles. The van der Waals surface area contributed by atoms with E-state index in [4.69, 9.17) is 0 Å². The number of nitrogens with one attached hydrogen (secondary N) is 1. The fourth-order valence-corrected chi connectivity index (χ4v) is 2.53. The third-order valence-corrected chi connectivity index (χ3v) is 3.76. The van der Waals surface area contributed by atoms with Gasteiger partial charge in [0.2, 0.25) is 5.91 Å². The molecular formula is C15H23N3O2. The van der Waals surface area contributed by atoms with Crippen LogP contribution in [0.15, 0.2) is 23.0 Å². The van der Waals surface area contributed by atoms with Crippen molar-refractivity contribution in [2.75, 3.05) is 26.2 Å². The predicted molar refractivity (Wildman–Crippen MR) is 78.7 cm³/mol. The number of pyridine rings is 1. The predicted octanol–water partition coefficient (Wildman–Crippen LogP) is 0.759. The first-order valence-corrected chi connectivity index (χ1v) is 7.33. The second kappa shape index (κ2) is 7.24. The number of nitrogens with zero attached hydrogens (tertiary/aromatic N) is 2. The van der Waals surface area contributed by atoms with Gasteiger partial charge in [-0.25, -0.2) is 0 Å². The van der Waals surface area contributed by atoms with Crippen LogP contribution in [0.2, 0.25) is 0 Å². The molecule has 2 rings (SSSR count). The topological polar surface area (TPSA) is 54.3 Å². The van der Waals surface area contributed by atoms with Gasteiger partial charge in [-0.15, -0.1) is 0 Å². The van der Waals surface area contributed by atoms with E-state index in [1.165, 1.54) is 0 Å². The normalized spacial score (nSPS) is 15.3. The van der Waals surface area contributed by atoms with Gasteiger partial charge in [0.25, 0.3) is 5.56 Å². The maximum absolute atomic E-state index is 12.0. The van der Waals surface area contributed by atoms with Gasteiger partial charge in [0.15, 0.2) is 0 Å². The number of hydrogen-bond acceptors (Lipinski definition) is 3. The maximum Gasteiger partial charge on any atom is 0.250 e. The fourth-order valence-electron chi connectivity index (χ4n) is 2.53. The number of piperazine rings is 1. The van der Waals surface area contributed by atoms with Crippen molar-refractivity contribution >= 4 is 5.91 Å². The molecule has 110 valence electrons. The highest BCUT2D eigenvalue weighted by atomic mass is 16.2. The number of aromatic nitrogens is 1. The fraction of sp³-hybridized carbons (Fsp3) is 0.600. The lowest BCUT2D eigenvalue weighted by atomic mass is 10.2. The van der Waals surface area contributed by atoms with E-state index in [-0.39, 0.29) is 11.5 Å². The van der Waals surface area contributed by atoms with Crippen molar-refractivity contribution in [3.63, 3.8) is 0 Å². The molecule has 5 nitrogen and oxygen atoms in total. The summed E-state index contributed by atoms with van der Waals surface area (Å²) < 4.78 is 1.77. The van der Waals surface area contributed by atoms with Crippen LogP contribution < -0.4 is 10.9 Å². The summed E-state index contributed by atoms with van der Waals surface area (Å²) in [5, 5.41) is 3.24. The van der Waals surface area contributed by atoms with E-state index in [9.17, 15) is 9.59 Å². The monoisotopic (exact) mass is 277 g/mol. The first-order valence-electron chi connectivity index (χ1n) is 7.33. The average Bonchev–Trinajstić information content (AvgIpc) is 2.46. The molecule has 0 bridgehead atoms. The van der Waals surface area contributed by atoms with Gasteiger partial charge < -0.3 is 14.8 Å². The van der Waals surface area contributed by atoms with Crippen molar-refractivity contribution in [2.24, 2.45) is 0 Å². The molecule has 1 amide bonds. The highest BCUT2D eigenvalue weighted by Crippen LogP contribution is 2.04. The number of rotatable bonds is 5. The van der Waals surface area contributed by atoms with Gasteiger partial charge in [0.05, 0.1) is 0 Å². The van der Waals surface area contributed by atoms with Gasteiger partial charge in [0.1, 0.15) is 0 Å². The molecule has 0 saturated carbocycles. The molecule has 0 radical (unpaired) electrons. The van der Waals surface area contributed by atoms with Crippen LogP contribution in [0.1, 0.15) is 25.0 Å². The standard InChI is InChI=1S/C15H23N3O2/c1-13-5-4-7-15(20)18(13)10-3-2-6-14(19)17-11-8-16-9-12-17/h4-5,7,16H,2-3,6,8-12H2,1H3. The molecule has 0 spiro atoms. The summed E-state index contributed by atoms with van der Waals surface area (Å²) in [5.41, 5.74) is 1.02. The number of carbonyl (C=O) groups excluding carboxylic acids is 1. The number of hydrogen-bond donors (Lipinski definition) is 1. The molecule has 1 fully saturated rings. The Kier molecular flexibility index (Phi) is 5.35. The third-order valence-electron chi connectivity index (χ3n) is 3.76. The number of unbranched alkanes of at least 4 members (excludes halogenated alkanes) is 1. The minimum Gasteiger partial charge on any atom is -0.340 e. The second-order valence-electron chi connectivity index (χ2n) is 5.24. The molecule has 2 heterocycles. The average molecular weight is 277 g/mol. The summed E-state index contributed by atoms with van der Waals surface area (Å²) in [4.78, 5) is 25.6. The summed E-state index contributed by atoms with van der Waals surface area (Å²) in [5.74, 6) is 0.239. The molecular weight excluding hydrogens is 254 g/mol. The van der Waals surface area contributed by atoms with Crippen LogP contribution in [0.4, 0.5) is 0 Å². The largest absolute Gasteiger partial charge is 0.340 e. The Hall–Kier alpha value is -1.62. The first-order chi connectivity index (χ1) is 9.68. The van der Waals surface area contributed by atoms with Crippen LogP contribution >= 0.6 is 0 Å². The Balaban J connectivity index is 1.73. The summed E-state index contributed by atoms with van der Waals surface area (Å²) in [7, 11) is 0. The van der Waals surface area contributed by atoms with E-state index >= 15 is 0 Å². The molecule has 1 aromatic heterocycles. The number of amides is 1. The van der Waals surface area contributed by atoms with Crippen LogP contribution in [0.3, 0.4) is 0 Å². The second-order valence-corrected chi connectivity index (χ2v) is 5.24. The van der Waals surface area contributed by atoms with Crippen molar-refractivity contribution in [3.8, 4) is 0 Å². The molecule has 1 aromatic rings. The van der Waals surface area contributed by atoms with Crippen LogP contribution in [-0.2, 0) is 11.3 Å². The van der Waals surface area contributed by atoms with E-state index < -0.39 is 0 Å². The van der Waals surface area contributed by atoms with Crippen LogP contribution in [0.5, 0.6) is 0 Å². The molecule has 0 aromatic carbocycles. The summed E-state index contributed by atoms with van der Waals surface area (Å²) >= 11 is 0. The van der Waals surface area contributed by atoms with Crippen molar-refractivity contribution in [2.45, 2.75) is 32.7 Å². The van der Waals surface area contributed by atoms with Crippen LogP contribution in [-0.4, -0.2) is 41.6 Å². The molecule has 1 N–H and O–H groups in total.